The fraction of sp³-hybridized carbons (Fsp3) is 0.640. The van der Waals surface area contributed by atoms with Crippen LogP contribution < -0.4 is 10.6 Å². The largest absolute Gasteiger partial charge is 0.396 e. The maximum Gasteiger partial charge on any atom is 0.250 e. The first-order valence-corrected chi connectivity index (χ1v) is 12.0. The number of carbonyl (C=O) groups is 3. The minimum absolute atomic E-state index is 0.0916. The van der Waals surface area contributed by atoms with Crippen molar-refractivity contribution >= 4 is 23.4 Å². The molecule has 8 heteroatoms. The summed E-state index contributed by atoms with van der Waals surface area (Å²) < 4.78 is 6.55. The van der Waals surface area contributed by atoms with Crippen LogP contribution in [0, 0.1) is 25.7 Å². The Morgan fingerprint density at radius 2 is 1.91 bits per heavy atom. The van der Waals surface area contributed by atoms with Gasteiger partial charge in [0.2, 0.25) is 17.7 Å². The van der Waals surface area contributed by atoms with Crippen LogP contribution in [0.3, 0.4) is 0 Å². The first-order chi connectivity index (χ1) is 15.7. The van der Waals surface area contributed by atoms with E-state index in [1.54, 1.807) is 0 Å². The van der Waals surface area contributed by atoms with Crippen LogP contribution in [0.1, 0.15) is 50.7 Å². The van der Waals surface area contributed by atoms with Crippen LogP contribution in [-0.2, 0) is 19.1 Å². The standard InChI is InChI=1S/C25H35N3O5/c1-5-12-26-21(30)17-18-23(32)28(13-7-14-29)20(25(18)11-10-24(17,4)33-25)22(31)27-19-15(2)8-6-9-16(19)3/h6,8-9,17-18,20,29H,5,7,10-14H2,1-4H3,(H,26,30)(H,27,31)/t17-,18+,20?,24+,25?/m1/s1. The molecule has 33 heavy (non-hydrogen) atoms. The molecule has 4 rings (SSSR count). The predicted octanol–water partition coefficient (Wildman–Crippen LogP) is 1.92. The van der Waals surface area contributed by atoms with Gasteiger partial charge in [0.15, 0.2) is 0 Å². The molecule has 1 spiro atoms. The molecule has 0 radical (unpaired) electrons. The highest BCUT2D eigenvalue weighted by Gasteiger charge is 2.77. The summed E-state index contributed by atoms with van der Waals surface area (Å²) in [5.74, 6) is -2.07. The lowest BCUT2D eigenvalue weighted by atomic mass is 9.66. The fourth-order valence-corrected chi connectivity index (χ4v) is 6.17. The molecule has 180 valence electrons. The first-order valence-electron chi connectivity index (χ1n) is 12.0. The van der Waals surface area contributed by atoms with Crippen LogP contribution in [-0.4, -0.2) is 64.7 Å². The summed E-state index contributed by atoms with van der Waals surface area (Å²) in [5.41, 5.74) is 0.773. The third-order valence-corrected chi connectivity index (χ3v) is 7.64. The number of hydrogen-bond acceptors (Lipinski definition) is 5. The zero-order valence-electron chi connectivity index (χ0n) is 19.9. The molecule has 2 unspecified atom stereocenters. The van der Waals surface area contributed by atoms with E-state index in [2.05, 4.69) is 10.6 Å². The summed E-state index contributed by atoms with van der Waals surface area (Å²) in [7, 11) is 0. The Labute approximate surface area is 195 Å². The van der Waals surface area contributed by atoms with E-state index in [0.717, 1.165) is 23.2 Å². The SMILES string of the molecule is CCCNC(=O)[C@H]1[C@H]2C(=O)N(CCCO)C(C(=O)Nc3c(C)cccc3C)C23CC[C@]1(C)O3. The number of nitrogens with zero attached hydrogens (tertiary/aromatic N) is 1. The summed E-state index contributed by atoms with van der Waals surface area (Å²) in [4.78, 5) is 42.2. The van der Waals surface area contributed by atoms with Crippen molar-refractivity contribution in [1.29, 1.82) is 0 Å². The van der Waals surface area contributed by atoms with Gasteiger partial charge in [-0.2, -0.15) is 0 Å². The molecule has 3 amide bonds. The summed E-state index contributed by atoms with van der Waals surface area (Å²) in [6, 6.07) is 4.94. The van der Waals surface area contributed by atoms with Gasteiger partial charge in [0, 0.05) is 25.4 Å². The monoisotopic (exact) mass is 457 g/mol. The normalized spacial score (nSPS) is 32.2. The van der Waals surface area contributed by atoms with Crippen molar-refractivity contribution in [3.8, 4) is 0 Å². The van der Waals surface area contributed by atoms with Gasteiger partial charge in [0.1, 0.15) is 11.6 Å². The van der Waals surface area contributed by atoms with Crippen LogP contribution in [0.5, 0.6) is 0 Å². The highest BCUT2D eigenvalue weighted by molar-refractivity contribution is 6.04. The van der Waals surface area contributed by atoms with Gasteiger partial charge in [-0.05, 0) is 57.6 Å². The number of nitrogens with one attached hydrogen (secondary N) is 2. The molecular formula is C25H35N3O5. The van der Waals surface area contributed by atoms with Crippen LogP contribution in [0.4, 0.5) is 5.69 Å². The van der Waals surface area contributed by atoms with Gasteiger partial charge in [-0.1, -0.05) is 25.1 Å². The number of aryl methyl sites for hydroxylation is 2. The van der Waals surface area contributed by atoms with E-state index in [0.29, 0.717) is 25.8 Å². The number of anilines is 1. The molecule has 0 aliphatic carbocycles. The number of likely N-dealkylation sites (tertiary alicyclic amines) is 1. The van der Waals surface area contributed by atoms with Gasteiger partial charge in [-0.3, -0.25) is 14.4 Å². The molecule has 3 N–H and O–H groups in total. The Morgan fingerprint density at radius 1 is 1.21 bits per heavy atom. The lowest BCUT2D eigenvalue weighted by Gasteiger charge is -2.33. The van der Waals surface area contributed by atoms with E-state index in [1.807, 2.05) is 45.9 Å². The van der Waals surface area contributed by atoms with Crippen LogP contribution >= 0.6 is 0 Å². The summed E-state index contributed by atoms with van der Waals surface area (Å²) in [6.45, 7) is 8.41. The van der Waals surface area contributed by atoms with Gasteiger partial charge in [0.05, 0.1) is 17.4 Å². The summed E-state index contributed by atoms with van der Waals surface area (Å²) >= 11 is 0. The number of ether oxygens (including phenoxy) is 1. The predicted molar refractivity (Wildman–Crippen MR) is 123 cm³/mol. The number of rotatable bonds is 8. The number of para-hydroxylation sites is 1. The molecule has 0 saturated carbocycles. The molecule has 1 aromatic rings. The minimum Gasteiger partial charge on any atom is -0.396 e. The topological polar surface area (TPSA) is 108 Å². The second-order valence-corrected chi connectivity index (χ2v) is 9.88. The van der Waals surface area contributed by atoms with Crippen LogP contribution in [0.15, 0.2) is 18.2 Å². The van der Waals surface area contributed by atoms with Gasteiger partial charge < -0.3 is 25.4 Å². The zero-order valence-corrected chi connectivity index (χ0v) is 19.9. The molecular weight excluding hydrogens is 422 g/mol. The maximum atomic E-state index is 13.8. The molecule has 1 aromatic carbocycles. The molecule has 0 aromatic heterocycles. The summed E-state index contributed by atoms with van der Waals surface area (Å²) in [5, 5.41) is 15.4. The van der Waals surface area contributed by atoms with Gasteiger partial charge >= 0.3 is 0 Å². The molecule has 3 aliphatic rings. The van der Waals surface area contributed by atoms with E-state index in [1.165, 1.54) is 4.90 Å². The molecule has 5 atom stereocenters. The molecule has 3 fully saturated rings. The van der Waals surface area contributed by atoms with Crippen molar-refractivity contribution in [3.05, 3.63) is 29.3 Å². The lowest BCUT2D eigenvalue weighted by molar-refractivity contribution is -0.144. The van der Waals surface area contributed by atoms with Crippen molar-refractivity contribution < 1.29 is 24.2 Å². The van der Waals surface area contributed by atoms with E-state index in [-0.39, 0.29) is 30.9 Å². The fourth-order valence-electron chi connectivity index (χ4n) is 6.17. The Balaban J connectivity index is 1.72. The number of benzene rings is 1. The van der Waals surface area contributed by atoms with E-state index in [4.69, 9.17) is 4.74 Å². The van der Waals surface area contributed by atoms with Gasteiger partial charge in [-0.15, -0.1) is 0 Å². The van der Waals surface area contributed by atoms with Crippen molar-refractivity contribution in [2.75, 3.05) is 25.0 Å². The zero-order chi connectivity index (χ0) is 24.0. The third kappa shape index (κ3) is 3.64. The molecule has 2 bridgehead atoms. The third-order valence-electron chi connectivity index (χ3n) is 7.64. The minimum atomic E-state index is -1.05. The van der Waals surface area contributed by atoms with Gasteiger partial charge in [0.25, 0.3) is 0 Å². The number of aliphatic hydroxyl groups is 1. The second-order valence-electron chi connectivity index (χ2n) is 9.88. The van der Waals surface area contributed by atoms with Gasteiger partial charge in [-0.25, -0.2) is 0 Å². The van der Waals surface area contributed by atoms with E-state index in [9.17, 15) is 19.5 Å². The van der Waals surface area contributed by atoms with Crippen molar-refractivity contribution in [2.45, 2.75) is 70.6 Å². The van der Waals surface area contributed by atoms with Crippen molar-refractivity contribution in [2.24, 2.45) is 11.8 Å². The Kier molecular flexibility index (Phi) is 6.26. The number of carbonyl (C=O) groups excluding carboxylic acids is 3. The number of fused-ring (bicyclic) bond motifs is 1. The average molecular weight is 458 g/mol. The van der Waals surface area contributed by atoms with Crippen LogP contribution in [0.2, 0.25) is 0 Å². The Bertz CT molecular complexity index is 945. The highest BCUT2D eigenvalue weighted by atomic mass is 16.5. The number of amides is 3. The quantitative estimate of drug-likeness (QED) is 0.553. The highest BCUT2D eigenvalue weighted by Crippen LogP contribution is 2.63. The molecule has 3 heterocycles. The molecule has 3 saturated heterocycles. The van der Waals surface area contributed by atoms with Crippen molar-refractivity contribution in [1.82, 2.24) is 10.2 Å². The molecule has 3 aliphatic heterocycles. The first kappa shape index (κ1) is 23.7. The van der Waals surface area contributed by atoms with E-state index >= 15 is 0 Å². The second kappa shape index (κ2) is 8.72. The Hall–Kier alpha value is -2.45. The molecule has 8 nitrogen and oxygen atoms in total. The smallest absolute Gasteiger partial charge is 0.250 e. The van der Waals surface area contributed by atoms with Crippen LogP contribution in [0.25, 0.3) is 0 Å². The number of hydrogen-bond donors (Lipinski definition) is 3. The average Bonchev–Trinajstić information content (AvgIpc) is 3.34. The Morgan fingerprint density at radius 3 is 2.55 bits per heavy atom. The summed E-state index contributed by atoms with van der Waals surface area (Å²) in [6.07, 6.45) is 2.30. The number of aliphatic hydroxyl groups excluding tert-OH is 1. The van der Waals surface area contributed by atoms with E-state index < -0.39 is 29.1 Å². The lowest BCUT2D eigenvalue weighted by Crippen LogP contribution is -2.53. The maximum absolute atomic E-state index is 13.8. The van der Waals surface area contributed by atoms with Crippen molar-refractivity contribution in [3.63, 3.8) is 0 Å².